The molecule has 14 rings (SSSR count). The van der Waals surface area contributed by atoms with Gasteiger partial charge in [-0.3, -0.25) is 4.57 Å². The first-order chi connectivity index (χ1) is 44.9. The second-order valence-corrected chi connectivity index (χ2v) is 25.2. The van der Waals surface area contributed by atoms with E-state index >= 15 is 0 Å². The Morgan fingerprint density at radius 3 is 0.912 bits per heavy atom. The summed E-state index contributed by atoms with van der Waals surface area (Å²) in [5.74, 6) is 1.62. The second kappa shape index (κ2) is 25.9. The van der Waals surface area contributed by atoms with Crippen molar-refractivity contribution >= 4 is 34.1 Å². The largest absolute Gasteiger partial charge is 0.310 e. The van der Waals surface area contributed by atoms with Crippen LogP contribution in [0.1, 0.15) is 127 Å². The summed E-state index contributed by atoms with van der Waals surface area (Å²) in [7, 11) is 0. The molecule has 1 aromatic heterocycles. The molecule has 0 spiro atoms. The van der Waals surface area contributed by atoms with Gasteiger partial charge >= 0.3 is 0 Å². The van der Waals surface area contributed by atoms with Crippen LogP contribution in [-0.2, 0) is 10.8 Å². The highest BCUT2D eigenvalue weighted by atomic mass is 15.3. The van der Waals surface area contributed by atoms with Crippen molar-refractivity contribution in [3.63, 3.8) is 0 Å². The van der Waals surface area contributed by atoms with Crippen LogP contribution in [0.3, 0.4) is 0 Å². The third-order valence-corrected chi connectivity index (χ3v) is 19.7. The van der Waals surface area contributed by atoms with Gasteiger partial charge in [0.1, 0.15) is 0 Å². The quantitative estimate of drug-likeness (QED) is 0.0640. The number of anilines is 6. The molecule has 0 amide bonds. The van der Waals surface area contributed by atoms with Gasteiger partial charge in [-0.15, -0.1) is 10.2 Å². The minimum Gasteiger partial charge on any atom is -0.310 e. The first-order valence-corrected chi connectivity index (χ1v) is 33.6. The molecule has 0 fully saturated rings. The first-order valence-electron chi connectivity index (χ1n) is 33.6. The highest BCUT2D eigenvalue weighted by molar-refractivity contribution is 5.91. The van der Waals surface area contributed by atoms with Gasteiger partial charge in [0.25, 0.3) is 0 Å². The van der Waals surface area contributed by atoms with Crippen LogP contribution in [0.2, 0.25) is 0 Å². The molecule has 0 atom stereocenters. The molecule has 91 heavy (non-hydrogen) atoms. The summed E-state index contributed by atoms with van der Waals surface area (Å²) >= 11 is 0. The molecule has 0 aliphatic heterocycles. The minimum absolute atomic E-state index is 0.0707. The maximum Gasteiger partial charge on any atom is 0.168 e. The molecule has 2 aliphatic rings. The van der Waals surface area contributed by atoms with Crippen LogP contribution in [-0.4, -0.2) is 14.8 Å². The Bertz CT molecular complexity index is 4080. The summed E-state index contributed by atoms with van der Waals surface area (Å²) in [5, 5.41) is 10.0. The molecule has 5 heteroatoms. The summed E-state index contributed by atoms with van der Waals surface area (Å²) < 4.78 is 2.23. The number of fused-ring (bicyclic) bond motifs is 6. The van der Waals surface area contributed by atoms with E-state index in [1.807, 2.05) is 0 Å². The van der Waals surface area contributed by atoms with E-state index < -0.39 is 0 Å². The predicted octanol–water partition coefficient (Wildman–Crippen LogP) is 24.2. The Balaban J connectivity index is 0.793. The maximum absolute atomic E-state index is 5.01. The molecule has 0 saturated heterocycles. The number of hydrogen-bond acceptors (Lipinski definition) is 4. The van der Waals surface area contributed by atoms with Crippen molar-refractivity contribution in [3.05, 3.63) is 295 Å². The van der Waals surface area contributed by atoms with E-state index in [1.54, 1.807) is 0 Å². The van der Waals surface area contributed by atoms with Crippen LogP contribution >= 0.6 is 0 Å². The lowest BCUT2D eigenvalue weighted by Gasteiger charge is -2.33. The third kappa shape index (κ3) is 11.0. The van der Waals surface area contributed by atoms with Gasteiger partial charge in [0, 0.05) is 61.8 Å². The molecule has 1 heterocycles. The number of benzene rings is 11. The van der Waals surface area contributed by atoms with Gasteiger partial charge in [0.2, 0.25) is 0 Å². The standard InChI is InChI=1S/C86H81N5/c1-5-9-54-85(55-10-6-2)79-52-48-73(89(68-28-18-13-19-29-68)69-30-20-14-21-31-69)60-77(79)75-50-46-66(58-81(75)85)62-38-42-64(43-39-62)83-87-88-84(91(83)72-36-26-17-27-37-72)65-44-40-63(41-45-65)67-47-51-76-78-61-74(90(70-32-22-15-23-33-70)71-34-24-16-25-35-71)49-53-80(78)86(56-11-7-3,57-12-8-4)82(76)59-67/h13-53,58-61H,5-12,54-57H2,1-4H3. The molecular weight excluding hydrogens is 1100 g/mol. The van der Waals surface area contributed by atoms with Crippen LogP contribution in [0.5, 0.6) is 0 Å². The van der Waals surface area contributed by atoms with Crippen molar-refractivity contribution in [1.82, 2.24) is 14.8 Å². The lowest BCUT2D eigenvalue weighted by Crippen LogP contribution is -2.25. The van der Waals surface area contributed by atoms with Gasteiger partial charge in [-0.1, -0.05) is 255 Å². The number of para-hydroxylation sites is 5. The van der Waals surface area contributed by atoms with Crippen LogP contribution in [0.25, 0.3) is 73.0 Å². The molecular formula is C86H81N5. The van der Waals surface area contributed by atoms with E-state index in [4.69, 9.17) is 10.2 Å². The lowest BCUT2D eigenvalue weighted by atomic mass is 9.70. The highest BCUT2D eigenvalue weighted by Crippen LogP contribution is 2.58. The molecule has 5 nitrogen and oxygen atoms in total. The van der Waals surface area contributed by atoms with Crippen molar-refractivity contribution < 1.29 is 0 Å². The zero-order chi connectivity index (χ0) is 61.7. The zero-order valence-electron chi connectivity index (χ0n) is 53.2. The number of nitrogens with zero attached hydrogens (tertiary/aromatic N) is 5. The number of rotatable bonds is 23. The third-order valence-electron chi connectivity index (χ3n) is 19.7. The maximum atomic E-state index is 5.01. The fraction of sp³-hybridized carbons (Fsp3) is 0.209. The Labute approximate surface area is 539 Å². The molecule has 0 radical (unpaired) electrons. The van der Waals surface area contributed by atoms with Crippen LogP contribution in [0.15, 0.2) is 273 Å². The fourth-order valence-electron chi connectivity index (χ4n) is 15.2. The summed E-state index contributed by atoms with van der Waals surface area (Å²) in [6.07, 6.45) is 13.8. The molecule has 0 unspecified atom stereocenters. The molecule has 450 valence electrons. The van der Waals surface area contributed by atoms with E-state index in [0.29, 0.717) is 0 Å². The molecule has 11 aromatic carbocycles. The number of aromatic nitrogens is 3. The SMILES string of the molecule is CCCCC1(CCCC)c2ccc(N(c3ccccc3)c3ccccc3)cc2-c2ccc(-c3ccc(-c4nnc(-c5ccc(-c6ccc7c(c6)C(CCCC)(CCCC)c6ccc(N(c8ccccc8)c8ccccc8)cc6-7)cc5)n4-c4ccccc4)cc3)cc21. The Kier molecular flexibility index (Phi) is 16.8. The van der Waals surface area contributed by atoms with Crippen LogP contribution < -0.4 is 9.80 Å². The average molecular weight is 1180 g/mol. The van der Waals surface area contributed by atoms with Gasteiger partial charge in [0.15, 0.2) is 11.6 Å². The fourth-order valence-corrected chi connectivity index (χ4v) is 15.2. The number of unbranched alkanes of at least 4 members (excludes halogenated alkanes) is 4. The van der Waals surface area contributed by atoms with Crippen molar-refractivity contribution in [1.29, 1.82) is 0 Å². The zero-order valence-corrected chi connectivity index (χ0v) is 53.2. The number of hydrogen-bond donors (Lipinski definition) is 0. The van der Waals surface area contributed by atoms with Gasteiger partial charge in [-0.2, -0.15) is 0 Å². The van der Waals surface area contributed by atoms with Crippen LogP contribution in [0.4, 0.5) is 34.1 Å². The average Bonchev–Trinajstić information content (AvgIpc) is 1.60. The van der Waals surface area contributed by atoms with Crippen molar-refractivity contribution in [3.8, 4) is 73.0 Å². The van der Waals surface area contributed by atoms with Gasteiger partial charge in [-0.05, 0) is 190 Å². The normalized spacial score (nSPS) is 13.1. The first kappa shape index (κ1) is 58.8. The summed E-state index contributed by atoms with van der Waals surface area (Å²) in [6.45, 7) is 9.34. The van der Waals surface area contributed by atoms with Crippen molar-refractivity contribution in [2.45, 2.75) is 116 Å². The summed E-state index contributed by atoms with van der Waals surface area (Å²) in [4.78, 5) is 4.79. The van der Waals surface area contributed by atoms with E-state index in [0.717, 1.165) is 103 Å². The second-order valence-electron chi connectivity index (χ2n) is 25.2. The molecule has 0 saturated carbocycles. The monoisotopic (exact) mass is 1180 g/mol. The van der Waals surface area contributed by atoms with Crippen LogP contribution in [0, 0.1) is 0 Å². The van der Waals surface area contributed by atoms with Gasteiger partial charge in [0.05, 0.1) is 0 Å². The molecule has 0 N–H and O–H groups in total. The smallest absolute Gasteiger partial charge is 0.168 e. The van der Waals surface area contributed by atoms with E-state index in [1.165, 1.54) is 104 Å². The molecule has 2 aliphatic carbocycles. The van der Waals surface area contributed by atoms with Gasteiger partial charge < -0.3 is 9.80 Å². The summed E-state index contributed by atoms with van der Waals surface area (Å²) in [6, 6.07) is 101. The van der Waals surface area contributed by atoms with E-state index in [2.05, 4.69) is 315 Å². The van der Waals surface area contributed by atoms with E-state index in [-0.39, 0.29) is 10.8 Å². The molecule has 0 bridgehead atoms. The minimum atomic E-state index is -0.0707. The Morgan fingerprint density at radius 1 is 0.275 bits per heavy atom. The van der Waals surface area contributed by atoms with Crippen molar-refractivity contribution in [2.75, 3.05) is 9.80 Å². The topological polar surface area (TPSA) is 37.2 Å². The lowest BCUT2D eigenvalue weighted by molar-refractivity contribution is 0.414. The van der Waals surface area contributed by atoms with E-state index in [9.17, 15) is 0 Å². The summed E-state index contributed by atoms with van der Waals surface area (Å²) in [5.41, 5.74) is 26.0. The van der Waals surface area contributed by atoms with Crippen molar-refractivity contribution in [2.24, 2.45) is 0 Å². The van der Waals surface area contributed by atoms with Gasteiger partial charge in [-0.25, -0.2) is 0 Å². The highest BCUT2D eigenvalue weighted by Gasteiger charge is 2.44. The predicted molar refractivity (Wildman–Crippen MR) is 383 cm³/mol. The Morgan fingerprint density at radius 2 is 0.582 bits per heavy atom. The Hall–Kier alpha value is -9.84. The molecule has 12 aromatic rings.